The molecular weight excluding hydrogens is 242 g/mol. The van der Waals surface area contributed by atoms with Gasteiger partial charge in [-0.15, -0.1) is 0 Å². The minimum Gasteiger partial charge on any atom is -0.454 e. The van der Waals surface area contributed by atoms with Crippen molar-refractivity contribution in [3.8, 4) is 11.5 Å². The number of rotatable bonds is 3. The third kappa shape index (κ3) is 2.69. The van der Waals surface area contributed by atoms with Crippen LogP contribution in [0.3, 0.4) is 0 Å². The molecule has 2 atom stereocenters. The molecule has 0 saturated heterocycles. The number of nitrogens with zero attached hydrogens (tertiary/aromatic N) is 1. The van der Waals surface area contributed by atoms with E-state index in [4.69, 9.17) is 9.47 Å². The minimum atomic E-state index is -0.187. The molecule has 4 heteroatoms. The van der Waals surface area contributed by atoms with E-state index in [0.29, 0.717) is 6.79 Å². The second-order valence-corrected chi connectivity index (χ2v) is 5.52. The summed E-state index contributed by atoms with van der Waals surface area (Å²) in [6, 6.07) is 6.34. The van der Waals surface area contributed by atoms with E-state index >= 15 is 0 Å². The molecule has 1 aliphatic carbocycles. The van der Waals surface area contributed by atoms with Gasteiger partial charge in [0.05, 0.1) is 6.10 Å². The molecule has 1 aromatic carbocycles. The lowest BCUT2D eigenvalue weighted by Gasteiger charge is -2.35. The molecule has 1 aromatic rings. The number of ether oxygens (including phenoxy) is 2. The highest BCUT2D eigenvalue weighted by Crippen LogP contribution is 2.33. The quantitative estimate of drug-likeness (QED) is 0.907. The Hall–Kier alpha value is -1.26. The van der Waals surface area contributed by atoms with Gasteiger partial charge in [0.15, 0.2) is 11.5 Å². The molecule has 19 heavy (non-hydrogen) atoms. The van der Waals surface area contributed by atoms with E-state index in [0.717, 1.165) is 37.3 Å². The zero-order valence-corrected chi connectivity index (χ0v) is 11.3. The number of aliphatic hydroxyl groups is 1. The van der Waals surface area contributed by atoms with Gasteiger partial charge in [-0.25, -0.2) is 0 Å². The highest BCUT2D eigenvalue weighted by atomic mass is 16.7. The van der Waals surface area contributed by atoms with Crippen LogP contribution < -0.4 is 9.47 Å². The van der Waals surface area contributed by atoms with Crippen LogP contribution in [0.4, 0.5) is 0 Å². The highest BCUT2D eigenvalue weighted by Gasteiger charge is 2.26. The molecule has 3 rings (SSSR count). The maximum atomic E-state index is 10.1. The number of hydrogen-bond donors (Lipinski definition) is 1. The van der Waals surface area contributed by atoms with Crippen LogP contribution in [-0.2, 0) is 6.54 Å². The summed E-state index contributed by atoms with van der Waals surface area (Å²) in [5.41, 5.74) is 1.20. The van der Waals surface area contributed by atoms with Crippen molar-refractivity contribution in [2.75, 3.05) is 13.8 Å². The van der Waals surface area contributed by atoms with Crippen LogP contribution in [0.15, 0.2) is 18.2 Å². The monoisotopic (exact) mass is 263 g/mol. The van der Waals surface area contributed by atoms with Crippen LogP contribution in [0.5, 0.6) is 11.5 Å². The first-order chi connectivity index (χ1) is 9.24. The predicted molar refractivity (Wildman–Crippen MR) is 72.3 cm³/mol. The Kier molecular flexibility index (Phi) is 3.62. The number of fused-ring (bicyclic) bond motifs is 1. The summed E-state index contributed by atoms with van der Waals surface area (Å²) < 4.78 is 10.7. The van der Waals surface area contributed by atoms with E-state index in [9.17, 15) is 5.11 Å². The average Bonchev–Trinajstić information content (AvgIpc) is 2.86. The fraction of sp³-hybridized carbons (Fsp3) is 0.600. The van der Waals surface area contributed by atoms with Crippen molar-refractivity contribution in [3.63, 3.8) is 0 Å². The van der Waals surface area contributed by atoms with Crippen LogP contribution in [0.25, 0.3) is 0 Å². The van der Waals surface area contributed by atoms with Gasteiger partial charge in [-0.05, 0) is 37.6 Å². The van der Waals surface area contributed by atoms with Crippen LogP contribution in [0.2, 0.25) is 0 Å². The summed E-state index contributed by atoms with van der Waals surface area (Å²) in [5, 5.41) is 10.1. The lowest BCUT2D eigenvalue weighted by atomic mass is 9.91. The van der Waals surface area contributed by atoms with Gasteiger partial charge in [0.25, 0.3) is 0 Å². The lowest BCUT2D eigenvalue weighted by molar-refractivity contribution is 0.0288. The van der Waals surface area contributed by atoms with Crippen molar-refractivity contribution in [1.82, 2.24) is 4.90 Å². The summed E-state index contributed by atoms with van der Waals surface area (Å²) in [4.78, 5) is 2.25. The third-order valence-electron chi connectivity index (χ3n) is 4.13. The summed E-state index contributed by atoms with van der Waals surface area (Å²) in [7, 11) is 2.09. The Bertz CT molecular complexity index is 449. The standard InChI is InChI=1S/C15H21NO3/c1-16(12-4-2-3-5-13(12)17)9-11-6-7-14-15(8-11)19-10-18-14/h6-8,12-13,17H,2-5,9-10H2,1H3. The zero-order valence-electron chi connectivity index (χ0n) is 11.3. The summed E-state index contributed by atoms with van der Waals surface area (Å²) in [6.45, 7) is 1.15. The molecule has 1 aliphatic heterocycles. The van der Waals surface area contributed by atoms with Gasteiger partial charge < -0.3 is 14.6 Å². The molecule has 1 fully saturated rings. The van der Waals surface area contributed by atoms with Crippen molar-refractivity contribution in [2.45, 2.75) is 44.4 Å². The smallest absolute Gasteiger partial charge is 0.231 e. The molecule has 1 heterocycles. The van der Waals surface area contributed by atoms with Gasteiger partial charge >= 0.3 is 0 Å². The Labute approximate surface area is 113 Å². The molecule has 0 radical (unpaired) electrons. The summed E-state index contributed by atoms with van der Waals surface area (Å²) in [5.74, 6) is 1.65. The second-order valence-electron chi connectivity index (χ2n) is 5.52. The molecule has 0 amide bonds. The van der Waals surface area contributed by atoms with Gasteiger partial charge in [0.2, 0.25) is 6.79 Å². The molecule has 2 unspecified atom stereocenters. The highest BCUT2D eigenvalue weighted by molar-refractivity contribution is 5.44. The summed E-state index contributed by atoms with van der Waals surface area (Å²) >= 11 is 0. The normalized spacial score (nSPS) is 25.8. The topological polar surface area (TPSA) is 41.9 Å². The number of likely N-dealkylation sites (N-methyl/N-ethyl adjacent to an activating group) is 1. The van der Waals surface area contributed by atoms with Crippen molar-refractivity contribution in [1.29, 1.82) is 0 Å². The Balaban J connectivity index is 1.67. The molecule has 2 aliphatic rings. The largest absolute Gasteiger partial charge is 0.454 e. The minimum absolute atomic E-state index is 0.187. The molecule has 0 aromatic heterocycles. The molecule has 4 nitrogen and oxygen atoms in total. The van der Waals surface area contributed by atoms with E-state index in [1.54, 1.807) is 0 Å². The number of benzene rings is 1. The average molecular weight is 263 g/mol. The van der Waals surface area contributed by atoms with E-state index in [1.807, 2.05) is 12.1 Å². The second kappa shape index (κ2) is 5.39. The molecule has 104 valence electrons. The third-order valence-corrected chi connectivity index (χ3v) is 4.13. The maximum Gasteiger partial charge on any atom is 0.231 e. The van der Waals surface area contributed by atoms with Crippen molar-refractivity contribution in [3.05, 3.63) is 23.8 Å². The number of aliphatic hydroxyl groups excluding tert-OH is 1. The molecule has 1 saturated carbocycles. The molecule has 0 spiro atoms. The van der Waals surface area contributed by atoms with E-state index in [-0.39, 0.29) is 12.1 Å². The van der Waals surface area contributed by atoms with Crippen molar-refractivity contribution in [2.24, 2.45) is 0 Å². The Morgan fingerprint density at radius 3 is 2.84 bits per heavy atom. The first-order valence-electron chi connectivity index (χ1n) is 7.01. The zero-order chi connectivity index (χ0) is 13.2. The van der Waals surface area contributed by atoms with Crippen LogP contribution in [-0.4, -0.2) is 36.0 Å². The first-order valence-corrected chi connectivity index (χ1v) is 7.01. The van der Waals surface area contributed by atoms with Crippen molar-refractivity contribution < 1.29 is 14.6 Å². The maximum absolute atomic E-state index is 10.1. The van der Waals surface area contributed by atoms with Crippen LogP contribution in [0.1, 0.15) is 31.2 Å². The van der Waals surface area contributed by atoms with Gasteiger partial charge in [-0.3, -0.25) is 4.90 Å². The fourth-order valence-corrected chi connectivity index (χ4v) is 3.05. The molecule has 0 bridgehead atoms. The van der Waals surface area contributed by atoms with E-state index in [1.165, 1.54) is 12.0 Å². The van der Waals surface area contributed by atoms with Crippen molar-refractivity contribution >= 4 is 0 Å². The van der Waals surface area contributed by atoms with Crippen LogP contribution in [0, 0.1) is 0 Å². The summed E-state index contributed by atoms with van der Waals surface area (Å²) in [6.07, 6.45) is 4.19. The van der Waals surface area contributed by atoms with E-state index in [2.05, 4.69) is 18.0 Å². The number of hydrogen-bond acceptors (Lipinski definition) is 4. The van der Waals surface area contributed by atoms with Gasteiger partial charge in [0.1, 0.15) is 0 Å². The lowest BCUT2D eigenvalue weighted by Crippen LogP contribution is -2.42. The SMILES string of the molecule is CN(Cc1ccc2c(c1)OCO2)C1CCCCC1O. The fourth-order valence-electron chi connectivity index (χ4n) is 3.05. The first kappa shape index (κ1) is 12.8. The van der Waals surface area contributed by atoms with Crippen LogP contribution >= 0.6 is 0 Å². The predicted octanol–water partition coefficient (Wildman–Crippen LogP) is 2.15. The Morgan fingerprint density at radius 2 is 2.00 bits per heavy atom. The van der Waals surface area contributed by atoms with E-state index < -0.39 is 0 Å². The Morgan fingerprint density at radius 1 is 1.21 bits per heavy atom. The van der Waals surface area contributed by atoms with Gasteiger partial charge in [-0.1, -0.05) is 18.9 Å². The van der Waals surface area contributed by atoms with Gasteiger partial charge in [-0.2, -0.15) is 0 Å². The molecular formula is C15H21NO3. The molecule has 1 N–H and O–H groups in total. The van der Waals surface area contributed by atoms with Gasteiger partial charge in [0, 0.05) is 12.6 Å².